The molecule has 1 aliphatic heterocycles. The van der Waals surface area contributed by atoms with E-state index < -0.39 is 24.4 Å². The van der Waals surface area contributed by atoms with Crippen LogP contribution < -0.4 is 4.74 Å². The minimum absolute atomic E-state index is 0.171. The average molecular weight is 453 g/mol. The van der Waals surface area contributed by atoms with E-state index in [9.17, 15) is 14.0 Å². The second-order valence-corrected chi connectivity index (χ2v) is 7.78. The summed E-state index contributed by atoms with van der Waals surface area (Å²) in [4.78, 5) is 25.9. The number of carboxylic acid groups (broad SMARTS) is 1. The number of aromatic nitrogens is 2. The first kappa shape index (κ1) is 22.5. The number of aryl methyl sites for hydroxylation is 1. The van der Waals surface area contributed by atoms with Gasteiger partial charge >= 0.3 is 5.97 Å². The highest BCUT2D eigenvalue weighted by Crippen LogP contribution is 2.39. The van der Waals surface area contributed by atoms with Crippen LogP contribution in [0.15, 0.2) is 54.7 Å². The fourth-order valence-electron chi connectivity index (χ4n) is 4.04. The van der Waals surface area contributed by atoms with Gasteiger partial charge in [0.2, 0.25) is 5.91 Å². The summed E-state index contributed by atoms with van der Waals surface area (Å²) in [6, 6.07) is 12.7. The highest BCUT2D eigenvalue weighted by molar-refractivity contribution is 5.79. The van der Waals surface area contributed by atoms with Gasteiger partial charge in [-0.1, -0.05) is 24.3 Å². The lowest BCUT2D eigenvalue weighted by Crippen LogP contribution is -2.42. The van der Waals surface area contributed by atoms with Crippen molar-refractivity contribution in [1.82, 2.24) is 14.7 Å². The molecule has 172 valence electrons. The van der Waals surface area contributed by atoms with Crippen LogP contribution in [-0.4, -0.2) is 51.4 Å². The van der Waals surface area contributed by atoms with Crippen molar-refractivity contribution in [3.63, 3.8) is 0 Å². The van der Waals surface area contributed by atoms with Gasteiger partial charge in [-0.3, -0.25) is 9.48 Å². The number of halogens is 1. The van der Waals surface area contributed by atoms with Crippen LogP contribution in [0.1, 0.15) is 28.4 Å². The third-order valence-electron chi connectivity index (χ3n) is 5.47. The quantitative estimate of drug-likeness (QED) is 0.564. The molecule has 1 N–H and O–H groups in total. The Morgan fingerprint density at radius 1 is 1.15 bits per heavy atom. The number of amides is 1. The largest absolute Gasteiger partial charge is 0.482 e. The molecule has 0 spiro atoms. The van der Waals surface area contributed by atoms with Crippen LogP contribution in [0.25, 0.3) is 0 Å². The number of rotatable bonds is 8. The van der Waals surface area contributed by atoms with Gasteiger partial charge < -0.3 is 19.5 Å². The molecule has 9 heteroatoms. The van der Waals surface area contributed by atoms with E-state index in [4.69, 9.17) is 14.6 Å². The van der Waals surface area contributed by atoms with Gasteiger partial charge in [0.15, 0.2) is 6.61 Å². The molecule has 3 aromatic rings. The van der Waals surface area contributed by atoms with Gasteiger partial charge in [-0.05, 0) is 41.8 Å². The third kappa shape index (κ3) is 5.20. The van der Waals surface area contributed by atoms with E-state index in [-0.39, 0.29) is 24.9 Å². The maximum Gasteiger partial charge on any atom is 0.341 e. The predicted octanol–water partition coefficient (Wildman–Crippen LogP) is 2.71. The molecule has 4 rings (SSSR count). The Morgan fingerprint density at radius 3 is 2.73 bits per heavy atom. The second-order valence-electron chi connectivity index (χ2n) is 7.78. The molecule has 33 heavy (non-hydrogen) atoms. The summed E-state index contributed by atoms with van der Waals surface area (Å²) in [5.74, 6) is -1.70. The van der Waals surface area contributed by atoms with E-state index in [1.165, 1.54) is 18.2 Å². The summed E-state index contributed by atoms with van der Waals surface area (Å²) in [6.07, 6.45) is 2.43. The van der Waals surface area contributed by atoms with E-state index in [0.29, 0.717) is 24.2 Å². The predicted molar refractivity (Wildman–Crippen MR) is 116 cm³/mol. The number of carbonyl (C=O) groups excluding carboxylic acids is 1. The molecule has 0 saturated carbocycles. The van der Waals surface area contributed by atoms with Crippen molar-refractivity contribution in [2.45, 2.75) is 19.1 Å². The zero-order valence-electron chi connectivity index (χ0n) is 18.1. The number of nitrogens with zero attached hydrogens (tertiary/aromatic N) is 3. The summed E-state index contributed by atoms with van der Waals surface area (Å²) in [6.45, 7) is -0.152. The zero-order chi connectivity index (χ0) is 23.4. The van der Waals surface area contributed by atoms with Crippen LogP contribution in [0, 0.1) is 5.82 Å². The summed E-state index contributed by atoms with van der Waals surface area (Å²) in [7, 11) is 1.80. The van der Waals surface area contributed by atoms with E-state index in [1.807, 2.05) is 30.3 Å². The molecule has 1 aliphatic rings. The Labute approximate surface area is 190 Å². The number of ether oxygens (including phenoxy) is 2. The van der Waals surface area contributed by atoms with E-state index in [1.54, 1.807) is 22.8 Å². The van der Waals surface area contributed by atoms with Crippen molar-refractivity contribution in [3.8, 4) is 5.75 Å². The van der Waals surface area contributed by atoms with Crippen LogP contribution in [0.2, 0.25) is 0 Å². The molecular weight excluding hydrogens is 429 g/mol. The Kier molecular flexibility index (Phi) is 6.69. The third-order valence-corrected chi connectivity index (χ3v) is 5.47. The van der Waals surface area contributed by atoms with Gasteiger partial charge in [-0.2, -0.15) is 5.10 Å². The minimum Gasteiger partial charge on any atom is -0.482 e. The molecular formula is C24H24FN3O5. The minimum atomic E-state index is -1.15. The van der Waals surface area contributed by atoms with E-state index in [2.05, 4.69) is 5.10 Å². The topological polar surface area (TPSA) is 93.9 Å². The number of hydrogen-bond acceptors (Lipinski definition) is 5. The highest BCUT2D eigenvalue weighted by atomic mass is 19.1. The fourth-order valence-corrected chi connectivity index (χ4v) is 4.04. The molecule has 2 heterocycles. The maximum absolute atomic E-state index is 14.3. The van der Waals surface area contributed by atoms with Crippen molar-refractivity contribution < 1.29 is 28.6 Å². The van der Waals surface area contributed by atoms with Gasteiger partial charge in [-0.25, -0.2) is 9.18 Å². The number of hydrogen-bond donors (Lipinski definition) is 1. The molecule has 0 radical (unpaired) electrons. The fraction of sp³-hybridized carbons (Fsp3) is 0.292. The summed E-state index contributed by atoms with van der Waals surface area (Å²) in [5, 5.41) is 13.3. The van der Waals surface area contributed by atoms with E-state index in [0.717, 1.165) is 11.1 Å². The van der Waals surface area contributed by atoms with Crippen molar-refractivity contribution in [2.75, 3.05) is 19.8 Å². The smallest absolute Gasteiger partial charge is 0.341 e. The molecule has 1 unspecified atom stereocenters. The number of carboxylic acids is 1. The van der Waals surface area contributed by atoms with Gasteiger partial charge in [0.05, 0.1) is 18.3 Å². The van der Waals surface area contributed by atoms with Crippen molar-refractivity contribution >= 4 is 11.9 Å². The molecule has 8 nitrogen and oxygen atoms in total. The van der Waals surface area contributed by atoms with Crippen molar-refractivity contribution in [2.24, 2.45) is 7.05 Å². The average Bonchev–Trinajstić information content (AvgIpc) is 3.22. The second kappa shape index (κ2) is 9.83. The molecule has 0 fully saturated rings. The van der Waals surface area contributed by atoms with Gasteiger partial charge in [0, 0.05) is 25.4 Å². The lowest BCUT2D eigenvalue weighted by atomic mass is 9.87. The molecule has 1 atom stereocenters. The standard InChI is InChI=1S/C24H24FN3O5/c1-27-10-9-18(26-27)13-32-14-22(29)28-11-8-16-4-2-3-5-19(16)24(28)20-12-17(25)6-7-21(20)33-15-23(30)31/h2-7,9-10,12,24H,8,11,13-15H2,1H3,(H,30,31). The Bertz CT molecular complexity index is 1160. The maximum atomic E-state index is 14.3. The Balaban J connectivity index is 1.63. The molecule has 2 aromatic carbocycles. The SMILES string of the molecule is Cn1ccc(COCC(=O)N2CCc3ccccc3C2c2cc(F)ccc2OCC(=O)O)n1. The lowest BCUT2D eigenvalue weighted by molar-refractivity contribution is -0.140. The van der Waals surface area contributed by atoms with Gasteiger partial charge in [-0.15, -0.1) is 0 Å². The number of fused-ring (bicyclic) bond motifs is 1. The Morgan fingerprint density at radius 2 is 1.97 bits per heavy atom. The highest BCUT2D eigenvalue weighted by Gasteiger charge is 2.34. The molecule has 1 aromatic heterocycles. The number of benzene rings is 2. The monoisotopic (exact) mass is 453 g/mol. The zero-order valence-corrected chi connectivity index (χ0v) is 18.1. The molecule has 0 saturated heterocycles. The van der Waals surface area contributed by atoms with Crippen LogP contribution >= 0.6 is 0 Å². The van der Waals surface area contributed by atoms with Gasteiger partial charge in [0.1, 0.15) is 18.2 Å². The first-order valence-corrected chi connectivity index (χ1v) is 10.5. The lowest BCUT2D eigenvalue weighted by Gasteiger charge is -2.38. The normalized spacial score (nSPS) is 15.2. The number of carbonyl (C=O) groups is 2. The molecule has 0 aliphatic carbocycles. The summed E-state index contributed by atoms with van der Waals surface area (Å²) >= 11 is 0. The van der Waals surface area contributed by atoms with Gasteiger partial charge in [0.25, 0.3) is 0 Å². The molecule has 0 bridgehead atoms. The first-order valence-electron chi connectivity index (χ1n) is 10.5. The molecule has 1 amide bonds. The van der Waals surface area contributed by atoms with Crippen LogP contribution in [0.4, 0.5) is 4.39 Å². The van der Waals surface area contributed by atoms with Crippen molar-refractivity contribution in [3.05, 3.63) is 82.9 Å². The van der Waals surface area contributed by atoms with Crippen LogP contribution in [0.3, 0.4) is 0 Å². The Hall–Kier alpha value is -3.72. The van der Waals surface area contributed by atoms with Crippen LogP contribution in [0.5, 0.6) is 5.75 Å². The number of aliphatic carboxylic acids is 1. The van der Waals surface area contributed by atoms with Crippen LogP contribution in [-0.2, 0) is 34.4 Å². The van der Waals surface area contributed by atoms with Crippen molar-refractivity contribution in [1.29, 1.82) is 0 Å². The summed E-state index contributed by atoms with van der Waals surface area (Å²) < 4.78 is 27.0. The first-order chi connectivity index (χ1) is 15.9. The summed E-state index contributed by atoms with van der Waals surface area (Å²) in [5.41, 5.74) is 2.98. The van der Waals surface area contributed by atoms with E-state index >= 15 is 0 Å².